The van der Waals surface area contributed by atoms with E-state index >= 15 is 0 Å². The third-order valence-electron chi connectivity index (χ3n) is 4.52. The highest BCUT2D eigenvalue weighted by atomic mass is 16.5. The number of carbonyl (C=O) groups is 3. The Morgan fingerprint density at radius 2 is 2.22 bits per heavy atom. The summed E-state index contributed by atoms with van der Waals surface area (Å²) in [7, 11) is 0. The summed E-state index contributed by atoms with van der Waals surface area (Å²) in [6.45, 7) is 6.03. The molecule has 1 atom stereocenters. The van der Waals surface area contributed by atoms with Gasteiger partial charge in [0, 0.05) is 17.8 Å². The minimum Gasteiger partial charge on any atom is -0.457 e. The number of likely N-dealkylation sites (tertiary alicyclic amines) is 1. The Bertz CT molecular complexity index is 713. The van der Waals surface area contributed by atoms with Crippen LogP contribution in [0.15, 0.2) is 30.9 Å². The molecule has 2 heterocycles. The highest BCUT2D eigenvalue weighted by molar-refractivity contribution is 6.03. The molecule has 2 aliphatic rings. The molecular weight excluding hydrogens is 296 g/mol. The van der Waals surface area contributed by atoms with Crippen molar-refractivity contribution in [3.05, 3.63) is 42.0 Å². The molecule has 0 radical (unpaired) electrons. The van der Waals surface area contributed by atoms with Crippen LogP contribution in [0.1, 0.15) is 35.7 Å². The van der Waals surface area contributed by atoms with Gasteiger partial charge in [0.25, 0.3) is 0 Å². The van der Waals surface area contributed by atoms with Gasteiger partial charge in [-0.05, 0) is 38.0 Å². The Balaban J connectivity index is 1.81. The lowest BCUT2D eigenvalue weighted by Gasteiger charge is -2.33. The van der Waals surface area contributed by atoms with Gasteiger partial charge in [-0.15, -0.1) is 0 Å². The monoisotopic (exact) mass is 314 g/mol. The average molecular weight is 314 g/mol. The number of fused-ring (bicyclic) bond motifs is 1. The predicted molar refractivity (Wildman–Crippen MR) is 83.7 cm³/mol. The van der Waals surface area contributed by atoms with Crippen LogP contribution in [-0.2, 0) is 20.9 Å². The Morgan fingerprint density at radius 3 is 2.96 bits per heavy atom. The number of hydrogen-bond acceptors (Lipinski definition) is 4. The molecule has 120 valence electrons. The number of ether oxygens (including phenoxy) is 1. The van der Waals surface area contributed by atoms with Crippen molar-refractivity contribution in [2.24, 2.45) is 0 Å². The van der Waals surface area contributed by atoms with Crippen LogP contribution in [0.25, 0.3) is 0 Å². The SMILES string of the molecule is C=CC(=O)N1CCC[C@]1(C)C(=O)Nc1ccc2c(c1)C(=O)OC2. The van der Waals surface area contributed by atoms with E-state index in [2.05, 4.69) is 11.9 Å². The first-order chi connectivity index (χ1) is 11.0. The van der Waals surface area contributed by atoms with Crippen LogP contribution in [0.4, 0.5) is 5.69 Å². The smallest absolute Gasteiger partial charge is 0.338 e. The van der Waals surface area contributed by atoms with Crippen molar-refractivity contribution in [2.75, 3.05) is 11.9 Å². The maximum atomic E-state index is 12.7. The van der Waals surface area contributed by atoms with E-state index in [1.165, 1.54) is 11.0 Å². The molecule has 1 aromatic carbocycles. The van der Waals surface area contributed by atoms with Crippen LogP contribution in [0.2, 0.25) is 0 Å². The van der Waals surface area contributed by atoms with Gasteiger partial charge in [0.2, 0.25) is 11.8 Å². The fraction of sp³-hybridized carbons (Fsp3) is 0.353. The second-order valence-corrected chi connectivity index (χ2v) is 5.97. The fourth-order valence-electron chi connectivity index (χ4n) is 3.12. The van der Waals surface area contributed by atoms with Crippen LogP contribution in [0.5, 0.6) is 0 Å². The standard InChI is InChI=1S/C17H18N2O4/c1-3-14(20)19-8-4-7-17(19,2)16(22)18-12-6-5-11-10-23-15(21)13(11)9-12/h3,5-6,9H,1,4,7-8,10H2,2H3,(H,18,22)/t17-/m1/s1. The fourth-order valence-corrected chi connectivity index (χ4v) is 3.12. The molecule has 0 bridgehead atoms. The van der Waals surface area contributed by atoms with Gasteiger partial charge in [-0.1, -0.05) is 12.6 Å². The molecule has 1 fully saturated rings. The summed E-state index contributed by atoms with van der Waals surface area (Å²) in [5, 5.41) is 2.81. The van der Waals surface area contributed by atoms with E-state index in [1.54, 1.807) is 25.1 Å². The molecule has 6 heteroatoms. The van der Waals surface area contributed by atoms with Gasteiger partial charge < -0.3 is 15.0 Å². The van der Waals surface area contributed by atoms with E-state index in [0.29, 0.717) is 24.2 Å². The first-order valence-corrected chi connectivity index (χ1v) is 7.51. The van der Waals surface area contributed by atoms with E-state index in [4.69, 9.17) is 4.74 Å². The van der Waals surface area contributed by atoms with E-state index in [0.717, 1.165) is 12.0 Å². The summed E-state index contributed by atoms with van der Waals surface area (Å²) in [5.74, 6) is -0.902. The van der Waals surface area contributed by atoms with Crippen molar-refractivity contribution < 1.29 is 19.1 Å². The van der Waals surface area contributed by atoms with E-state index in [9.17, 15) is 14.4 Å². The number of rotatable bonds is 3. The highest BCUT2D eigenvalue weighted by Crippen LogP contribution is 2.31. The zero-order valence-corrected chi connectivity index (χ0v) is 12.9. The van der Waals surface area contributed by atoms with Gasteiger partial charge in [0.05, 0.1) is 5.56 Å². The Morgan fingerprint density at radius 1 is 1.43 bits per heavy atom. The summed E-state index contributed by atoms with van der Waals surface area (Å²) in [6.07, 6.45) is 2.58. The average Bonchev–Trinajstić information content (AvgIpc) is 3.11. The number of nitrogens with zero attached hydrogens (tertiary/aromatic N) is 1. The number of carbonyl (C=O) groups excluding carboxylic acids is 3. The number of anilines is 1. The van der Waals surface area contributed by atoms with Gasteiger partial charge >= 0.3 is 5.97 Å². The minimum atomic E-state index is -0.912. The minimum absolute atomic E-state index is 0.252. The van der Waals surface area contributed by atoms with E-state index in [1.807, 2.05) is 0 Å². The maximum absolute atomic E-state index is 12.7. The number of esters is 1. The summed E-state index contributed by atoms with van der Waals surface area (Å²) in [5.41, 5.74) is 0.888. The molecule has 0 unspecified atom stereocenters. The Hall–Kier alpha value is -2.63. The number of amides is 2. The molecule has 1 aromatic rings. The second-order valence-electron chi connectivity index (χ2n) is 5.97. The van der Waals surface area contributed by atoms with Gasteiger partial charge in [-0.3, -0.25) is 9.59 Å². The van der Waals surface area contributed by atoms with Crippen LogP contribution < -0.4 is 5.32 Å². The van der Waals surface area contributed by atoms with Crippen molar-refractivity contribution in [1.82, 2.24) is 4.90 Å². The molecule has 1 saturated heterocycles. The number of cyclic esters (lactones) is 1. The number of hydrogen-bond donors (Lipinski definition) is 1. The maximum Gasteiger partial charge on any atom is 0.338 e. The van der Waals surface area contributed by atoms with Gasteiger partial charge in [-0.25, -0.2) is 4.79 Å². The Kier molecular flexibility index (Phi) is 3.67. The third kappa shape index (κ3) is 2.50. The molecular formula is C17H18N2O4. The van der Waals surface area contributed by atoms with Crippen molar-refractivity contribution in [2.45, 2.75) is 31.9 Å². The molecule has 1 N–H and O–H groups in total. The first-order valence-electron chi connectivity index (χ1n) is 7.51. The summed E-state index contributed by atoms with van der Waals surface area (Å²) < 4.78 is 4.95. The zero-order valence-electron chi connectivity index (χ0n) is 12.9. The van der Waals surface area contributed by atoms with Crippen LogP contribution in [-0.4, -0.2) is 34.8 Å². The van der Waals surface area contributed by atoms with E-state index in [-0.39, 0.29) is 24.4 Å². The molecule has 0 spiro atoms. The van der Waals surface area contributed by atoms with Crippen molar-refractivity contribution in [1.29, 1.82) is 0 Å². The number of benzene rings is 1. The van der Waals surface area contributed by atoms with Crippen LogP contribution in [0.3, 0.4) is 0 Å². The summed E-state index contributed by atoms with van der Waals surface area (Å²) >= 11 is 0. The molecule has 0 aromatic heterocycles. The summed E-state index contributed by atoms with van der Waals surface area (Å²) in [4.78, 5) is 37.8. The molecule has 6 nitrogen and oxygen atoms in total. The largest absolute Gasteiger partial charge is 0.457 e. The molecule has 0 saturated carbocycles. The third-order valence-corrected chi connectivity index (χ3v) is 4.52. The Labute approximate surface area is 134 Å². The molecule has 3 rings (SSSR count). The van der Waals surface area contributed by atoms with Crippen molar-refractivity contribution in [3.63, 3.8) is 0 Å². The topological polar surface area (TPSA) is 75.7 Å². The molecule has 0 aliphatic carbocycles. The van der Waals surface area contributed by atoms with Gasteiger partial charge in [0.1, 0.15) is 12.1 Å². The van der Waals surface area contributed by atoms with Gasteiger partial charge in [-0.2, -0.15) is 0 Å². The summed E-state index contributed by atoms with van der Waals surface area (Å²) in [6, 6.07) is 5.11. The molecule has 2 aliphatic heterocycles. The predicted octanol–water partition coefficient (Wildman–Crippen LogP) is 1.86. The lowest BCUT2D eigenvalue weighted by molar-refractivity contribution is -0.138. The lowest BCUT2D eigenvalue weighted by atomic mass is 9.97. The van der Waals surface area contributed by atoms with Gasteiger partial charge in [0.15, 0.2) is 0 Å². The highest BCUT2D eigenvalue weighted by Gasteiger charge is 2.45. The quantitative estimate of drug-likeness (QED) is 0.682. The van der Waals surface area contributed by atoms with Crippen molar-refractivity contribution in [3.8, 4) is 0 Å². The lowest BCUT2D eigenvalue weighted by Crippen LogP contribution is -2.52. The van der Waals surface area contributed by atoms with Crippen LogP contribution in [0, 0.1) is 0 Å². The van der Waals surface area contributed by atoms with E-state index < -0.39 is 5.54 Å². The molecule has 2 amide bonds. The zero-order chi connectivity index (χ0) is 16.6. The van der Waals surface area contributed by atoms with Crippen molar-refractivity contribution >= 4 is 23.5 Å². The molecule has 23 heavy (non-hydrogen) atoms. The normalized spacial score (nSPS) is 22.5. The van der Waals surface area contributed by atoms with Crippen LogP contribution >= 0.6 is 0 Å². The number of nitrogens with one attached hydrogen (secondary N) is 1. The first kappa shape index (κ1) is 15.3. The second kappa shape index (κ2) is 5.53.